The van der Waals surface area contributed by atoms with Crippen molar-refractivity contribution in [2.75, 3.05) is 6.54 Å². The van der Waals surface area contributed by atoms with Gasteiger partial charge in [0.25, 0.3) is 0 Å². The summed E-state index contributed by atoms with van der Waals surface area (Å²) in [5.74, 6) is 0.975. The Morgan fingerprint density at radius 2 is 1.94 bits per heavy atom. The highest BCUT2D eigenvalue weighted by Crippen LogP contribution is 2.33. The topological polar surface area (TPSA) is 12.0 Å². The summed E-state index contributed by atoms with van der Waals surface area (Å²) in [6.07, 6.45) is 5.31. The van der Waals surface area contributed by atoms with E-state index >= 15 is 0 Å². The molecule has 1 unspecified atom stereocenters. The monoisotopic (exact) mass is 217 g/mol. The molecule has 1 heteroatoms. The van der Waals surface area contributed by atoms with Gasteiger partial charge in [-0.3, -0.25) is 0 Å². The van der Waals surface area contributed by atoms with Crippen molar-refractivity contribution in [2.24, 2.45) is 5.92 Å². The molecule has 1 aromatic carbocycles. The Morgan fingerprint density at radius 1 is 1.25 bits per heavy atom. The van der Waals surface area contributed by atoms with E-state index in [4.69, 9.17) is 0 Å². The smallest absolute Gasteiger partial charge is 0.00928 e. The van der Waals surface area contributed by atoms with Crippen molar-refractivity contribution in [3.05, 3.63) is 35.4 Å². The molecule has 88 valence electrons. The largest absolute Gasteiger partial charge is 0.313 e. The molecule has 1 fully saturated rings. The Balaban J connectivity index is 1.72. The average Bonchev–Trinajstić information content (AvgIpc) is 3.11. The highest BCUT2D eigenvalue weighted by molar-refractivity contribution is 5.21. The zero-order valence-electron chi connectivity index (χ0n) is 10.5. The molecule has 1 N–H and O–H groups in total. The summed E-state index contributed by atoms with van der Waals surface area (Å²) >= 11 is 0. The van der Waals surface area contributed by atoms with Gasteiger partial charge in [0.1, 0.15) is 0 Å². The van der Waals surface area contributed by atoms with Gasteiger partial charge in [0, 0.05) is 6.04 Å². The average molecular weight is 217 g/mol. The molecule has 1 aliphatic rings. The lowest BCUT2D eigenvalue weighted by Gasteiger charge is -2.15. The van der Waals surface area contributed by atoms with Crippen molar-refractivity contribution in [3.8, 4) is 0 Å². The molecule has 0 aromatic heterocycles. The predicted molar refractivity (Wildman–Crippen MR) is 69.7 cm³/mol. The molecule has 1 aliphatic carbocycles. The van der Waals surface area contributed by atoms with Gasteiger partial charge >= 0.3 is 0 Å². The number of aryl methyl sites for hydroxylation is 1. The van der Waals surface area contributed by atoms with Crippen LogP contribution in [0.5, 0.6) is 0 Å². The number of nitrogens with one attached hydrogen (secondary N) is 1. The van der Waals surface area contributed by atoms with Gasteiger partial charge < -0.3 is 5.32 Å². The van der Waals surface area contributed by atoms with Crippen molar-refractivity contribution >= 4 is 0 Å². The van der Waals surface area contributed by atoms with E-state index in [-0.39, 0.29) is 0 Å². The molecule has 0 aliphatic heterocycles. The summed E-state index contributed by atoms with van der Waals surface area (Å²) in [6.45, 7) is 5.56. The van der Waals surface area contributed by atoms with Crippen molar-refractivity contribution in [3.63, 3.8) is 0 Å². The van der Waals surface area contributed by atoms with Crippen LogP contribution in [0.1, 0.15) is 37.3 Å². The third kappa shape index (κ3) is 3.34. The first-order valence-corrected chi connectivity index (χ1v) is 6.58. The Morgan fingerprint density at radius 3 is 2.50 bits per heavy atom. The van der Waals surface area contributed by atoms with E-state index < -0.39 is 0 Å². The zero-order valence-corrected chi connectivity index (χ0v) is 10.5. The first-order valence-electron chi connectivity index (χ1n) is 6.58. The van der Waals surface area contributed by atoms with E-state index in [1.165, 1.54) is 30.4 Å². The van der Waals surface area contributed by atoms with E-state index in [1.807, 2.05) is 0 Å². The van der Waals surface area contributed by atoms with Gasteiger partial charge in [0.05, 0.1) is 0 Å². The molecule has 0 radical (unpaired) electrons. The van der Waals surface area contributed by atoms with E-state index in [9.17, 15) is 0 Å². The minimum Gasteiger partial charge on any atom is -0.313 e. The second kappa shape index (κ2) is 5.49. The molecule has 16 heavy (non-hydrogen) atoms. The maximum atomic E-state index is 3.69. The second-order valence-corrected chi connectivity index (χ2v) is 5.04. The van der Waals surface area contributed by atoms with Crippen LogP contribution in [-0.2, 0) is 6.42 Å². The van der Waals surface area contributed by atoms with Crippen LogP contribution in [0.15, 0.2) is 24.3 Å². The molecule has 1 aromatic rings. The molecule has 0 saturated heterocycles. The Hall–Kier alpha value is -0.820. The summed E-state index contributed by atoms with van der Waals surface area (Å²) in [7, 11) is 0. The highest BCUT2D eigenvalue weighted by atomic mass is 14.9. The second-order valence-electron chi connectivity index (χ2n) is 5.04. The normalized spacial score (nSPS) is 17.4. The first kappa shape index (κ1) is 11.7. The van der Waals surface area contributed by atoms with Crippen LogP contribution in [-0.4, -0.2) is 12.6 Å². The molecule has 0 amide bonds. The summed E-state index contributed by atoms with van der Waals surface area (Å²) in [5.41, 5.74) is 2.80. The fraction of sp³-hybridized carbons (Fsp3) is 0.600. The fourth-order valence-corrected chi connectivity index (χ4v) is 2.30. The van der Waals surface area contributed by atoms with E-state index in [2.05, 4.69) is 43.4 Å². The quantitative estimate of drug-likeness (QED) is 0.771. The van der Waals surface area contributed by atoms with Crippen LogP contribution in [0.4, 0.5) is 0 Å². The summed E-state index contributed by atoms with van der Waals surface area (Å²) in [6, 6.07) is 9.66. The Kier molecular flexibility index (Phi) is 4.00. The van der Waals surface area contributed by atoms with Crippen LogP contribution in [0, 0.1) is 12.8 Å². The maximum absolute atomic E-state index is 3.69. The van der Waals surface area contributed by atoms with E-state index in [0.717, 1.165) is 24.9 Å². The van der Waals surface area contributed by atoms with E-state index in [1.54, 1.807) is 0 Å². The fourth-order valence-electron chi connectivity index (χ4n) is 2.30. The lowest BCUT2D eigenvalue weighted by atomic mass is 10.1. The summed E-state index contributed by atoms with van der Waals surface area (Å²) < 4.78 is 0. The maximum Gasteiger partial charge on any atom is 0.00928 e. The predicted octanol–water partition coefficient (Wildman–Crippen LogP) is 3.32. The Labute approximate surface area is 99.3 Å². The molecule has 1 atom stereocenters. The lowest BCUT2D eigenvalue weighted by Crippen LogP contribution is -2.32. The van der Waals surface area contributed by atoms with Crippen LogP contribution < -0.4 is 5.32 Å². The van der Waals surface area contributed by atoms with Gasteiger partial charge in [0.15, 0.2) is 0 Å². The molecule has 0 spiro atoms. The van der Waals surface area contributed by atoms with Gasteiger partial charge in [-0.1, -0.05) is 36.8 Å². The van der Waals surface area contributed by atoms with Gasteiger partial charge in [0.2, 0.25) is 0 Å². The zero-order chi connectivity index (χ0) is 11.4. The van der Waals surface area contributed by atoms with Gasteiger partial charge in [-0.05, 0) is 50.6 Å². The number of hydrogen-bond acceptors (Lipinski definition) is 1. The molecule has 2 rings (SSSR count). The SMILES string of the molecule is CCC(NCCc1ccc(C)cc1)C1CC1. The molecule has 1 saturated carbocycles. The standard InChI is InChI=1S/C15H23N/c1-3-15(14-8-9-14)16-11-10-13-6-4-12(2)5-7-13/h4-7,14-16H,3,8-11H2,1-2H3. The van der Waals surface area contributed by atoms with Crippen LogP contribution in [0.25, 0.3) is 0 Å². The minimum atomic E-state index is 0.769. The van der Waals surface area contributed by atoms with Gasteiger partial charge in [-0.2, -0.15) is 0 Å². The molecular formula is C15H23N. The third-order valence-corrected chi connectivity index (χ3v) is 3.57. The van der Waals surface area contributed by atoms with Gasteiger partial charge in [-0.25, -0.2) is 0 Å². The van der Waals surface area contributed by atoms with Crippen LogP contribution >= 0.6 is 0 Å². The Bertz CT molecular complexity index is 311. The van der Waals surface area contributed by atoms with Crippen LogP contribution in [0.3, 0.4) is 0 Å². The summed E-state index contributed by atoms with van der Waals surface area (Å²) in [4.78, 5) is 0. The minimum absolute atomic E-state index is 0.769. The van der Waals surface area contributed by atoms with Crippen molar-refractivity contribution in [1.82, 2.24) is 5.32 Å². The van der Waals surface area contributed by atoms with E-state index in [0.29, 0.717) is 0 Å². The van der Waals surface area contributed by atoms with Crippen molar-refractivity contribution in [1.29, 1.82) is 0 Å². The molecular weight excluding hydrogens is 194 g/mol. The van der Waals surface area contributed by atoms with Crippen molar-refractivity contribution in [2.45, 2.75) is 45.6 Å². The lowest BCUT2D eigenvalue weighted by molar-refractivity contribution is 0.453. The first-order chi connectivity index (χ1) is 7.79. The highest BCUT2D eigenvalue weighted by Gasteiger charge is 2.29. The van der Waals surface area contributed by atoms with Gasteiger partial charge in [-0.15, -0.1) is 0 Å². The molecule has 0 bridgehead atoms. The third-order valence-electron chi connectivity index (χ3n) is 3.57. The number of benzene rings is 1. The molecule has 1 nitrogen and oxygen atoms in total. The summed E-state index contributed by atoms with van der Waals surface area (Å²) in [5, 5.41) is 3.69. The number of rotatable bonds is 6. The molecule has 0 heterocycles. The number of hydrogen-bond donors (Lipinski definition) is 1. The van der Waals surface area contributed by atoms with Crippen LogP contribution in [0.2, 0.25) is 0 Å². The van der Waals surface area contributed by atoms with Crippen molar-refractivity contribution < 1.29 is 0 Å².